The maximum Gasteiger partial charge on any atom is 0.227 e. The van der Waals surface area contributed by atoms with Crippen molar-refractivity contribution in [3.63, 3.8) is 0 Å². The molecule has 7 nitrogen and oxygen atoms in total. The standard InChI is InChI=1S/C19H27N7/c1-15-5-3-8-26(14-15)17-13-16(2)22-19(23-17)25-11-9-24(10-12-25)18-20-6-4-7-21-18/h4,6-7,13,15H,3,5,8-12,14H2,1-2H3. The summed E-state index contributed by atoms with van der Waals surface area (Å²) < 4.78 is 0. The van der Waals surface area contributed by atoms with Gasteiger partial charge in [0.2, 0.25) is 11.9 Å². The Kier molecular flexibility index (Phi) is 4.86. The number of piperidine rings is 1. The van der Waals surface area contributed by atoms with Crippen LogP contribution in [0.5, 0.6) is 0 Å². The van der Waals surface area contributed by atoms with Gasteiger partial charge in [-0.15, -0.1) is 0 Å². The quantitative estimate of drug-likeness (QED) is 0.838. The van der Waals surface area contributed by atoms with Crippen LogP contribution in [0.2, 0.25) is 0 Å². The molecule has 4 rings (SSSR count). The second kappa shape index (κ2) is 7.43. The number of rotatable bonds is 3. The molecule has 138 valence electrons. The van der Waals surface area contributed by atoms with Gasteiger partial charge in [0.1, 0.15) is 5.82 Å². The Morgan fingerprint density at radius 2 is 1.58 bits per heavy atom. The zero-order valence-electron chi connectivity index (χ0n) is 15.7. The van der Waals surface area contributed by atoms with Gasteiger partial charge in [0.15, 0.2) is 0 Å². The van der Waals surface area contributed by atoms with Crippen LogP contribution < -0.4 is 14.7 Å². The van der Waals surface area contributed by atoms with Crippen molar-refractivity contribution in [2.45, 2.75) is 26.7 Å². The molecule has 0 N–H and O–H groups in total. The number of hydrogen-bond donors (Lipinski definition) is 0. The van der Waals surface area contributed by atoms with Crippen LogP contribution in [-0.4, -0.2) is 59.2 Å². The minimum Gasteiger partial charge on any atom is -0.356 e. The lowest BCUT2D eigenvalue weighted by Crippen LogP contribution is -2.48. The number of hydrogen-bond acceptors (Lipinski definition) is 7. The Labute approximate surface area is 155 Å². The van der Waals surface area contributed by atoms with E-state index < -0.39 is 0 Å². The smallest absolute Gasteiger partial charge is 0.227 e. The van der Waals surface area contributed by atoms with Crippen molar-refractivity contribution < 1.29 is 0 Å². The molecule has 0 aliphatic carbocycles. The van der Waals surface area contributed by atoms with Crippen molar-refractivity contribution in [2.24, 2.45) is 5.92 Å². The Hall–Kier alpha value is -2.44. The fourth-order valence-corrected chi connectivity index (χ4v) is 3.80. The van der Waals surface area contributed by atoms with Gasteiger partial charge in [-0.25, -0.2) is 15.0 Å². The Balaban J connectivity index is 1.46. The van der Waals surface area contributed by atoms with E-state index in [-0.39, 0.29) is 0 Å². The predicted octanol–water partition coefficient (Wildman–Crippen LogP) is 2.14. The van der Waals surface area contributed by atoms with Crippen molar-refractivity contribution in [3.8, 4) is 0 Å². The molecule has 0 spiro atoms. The molecule has 2 aliphatic rings. The third-order valence-electron chi connectivity index (χ3n) is 5.21. The van der Waals surface area contributed by atoms with Gasteiger partial charge < -0.3 is 14.7 Å². The molecule has 2 saturated heterocycles. The van der Waals surface area contributed by atoms with Crippen LogP contribution in [0.25, 0.3) is 0 Å². The molecule has 4 heterocycles. The van der Waals surface area contributed by atoms with E-state index in [1.165, 1.54) is 12.8 Å². The van der Waals surface area contributed by atoms with Crippen LogP contribution >= 0.6 is 0 Å². The second-order valence-electron chi connectivity index (χ2n) is 7.38. The SMILES string of the molecule is Cc1cc(N2CCCC(C)C2)nc(N2CCN(c3ncccn3)CC2)n1. The maximum atomic E-state index is 4.90. The fourth-order valence-electron chi connectivity index (χ4n) is 3.80. The Morgan fingerprint density at radius 3 is 2.27 bits per heavy atom. The molecule has 2 aliphatic heterocycles. The summed E-state index contributed by atoms with van der Waals surface area (Å²) in [5, 5.41) is 0. The first-order valence-corrected chi connectivity index (χ1v) is 9.56. The molecule has 0 amide bonds. The number of aryl methyl sites for hydroxylation is 1. The molecule has 2 aromatic rings. The van der Waals surface area contributed by atoms with Gasteiger partial charge in [-0.05, 0) is 31.7 Å². The van der Waals surface area contributed by atoms with Crippen LogP contribution in [0.4, 0.5) is 17.7 Å². The zero-order valence-corrected chi connectivity index (χ0v) is 15.7. The normalized spacial score (nSPS) is 21.2. The maximum absolute atomic E-state index is 4.90. The van der Waals surface area contributed by atoms with Crippen molar-refractivity contribution >= 4 is 17.7 Å². The summed E-state index contributed by atoms with van der Waals surface area (Å²) in [6, 6.07) is 3.97. The van der Waals surface area contributed by atoms with Gasteiger partial charge >= 0.3 is 0 Å². The van der Waals surface area contributed by atoms with Gasteiger partial charge in [-0.1, -0.05) is 6.92 Å². The summed E-state index contributed by atoms with van der Waals surface area (Å²) in [7, 11) is 0. The van der Waals surface area contributed by atoms with Gasteiger partial charge in [0.05, 0.1) is 0 Å². The fraction of sp³-hybridized carbons (Fsp3) is 0.579. The second-order valence-corrected chi connectivity index (χ2v) is 7.38. The highest BCUT2D eigenvalue weighted by Crippen LogP contribution is 2.24. The summed E-state index contributed by atoms with van der Waals surface area (Å²) in [6.07, 6.45) is 6.15. The minimum atomic E-state index is 0.733. The monoisotopic (exact) mass is 353 g/mol. The van der Waals surface area contributed by atoms with E-state index in [2.05, 4.69) is 44.6 Å². The lowest BCUT2D eigenvalue weighted by atomic mass is 10.0. The van der Waals surface area contributed by atoms with Crippen LogP contribution in [0.1, 0.15) is 25.5 Å². The highest BCUT2D eigenvalue weighted by Gasteiger charge is 2.23. The number of piperazine rings is 1. The summed E-state index contributed by atoms with van der Waals surface area (Å²) in [5.41, 5.74) is 1.04. The van der Waals surface area contributed by atoms with Gasteiger partial charge in [0.25, 0.3) is 0 Å². The van der Waals surface area contributed by atoms with Crippen molar-refractivity contribution in [1.82, 2.24) is 19.9 Å². The van der Waals surface area contributed by atoms with E-state index in [1.807, 2.05) is 6.07 Å². The summed E-state index contributed by atoms with van der Waals surface area (Å²) in [6.45, 7) is 10.1. The van der Waals surface area contributed by atoms with Crippen molar-refractivity contribution in [3.05, 3.63) is 30.2 Å². The van der Waals surface area contributed by atoms with Crippen LogP contribution in [0.15, 0.2) is 24.5 Å². The number of nitrogens with zero attached hydrogens (tertiary/aromatic N) is 7. The lowest BCUT2D eigenvalue weighted by molar-refractivity contribution is 0.444. The number of anilines is 3. The first-order valence-electron chi connectivity index (χ1n) is 9.56. The molecule has 0 radical (unpaired) electrons. The van der Waals surface area contributed by atoms with Gasteiger partial charge in [-0.2, -0.15) is 4.98 Å². The summed E-state index contributed by atoms with van der Waals surface area (Å²) >= 11 is 0. The molecule has 26 heavy (non-hydrogen) atoms. The van der Waals surface area contributed by atoms with E-state index in [0.717, 1.165) is 68.6 Å². The molecule has 1 unspecified atom stereocenters. The first-order chi connectivity index (χ1) is 12.7. The highest BCUT2D eigenvalue weighted by molar-refractivity contribution is 5.47. The van der Waals surface area contributed by atoms with E-state index >= 15 is 0 Å². The van der Waals surface area contributed by atoms with Crippen molar-refractivity contribution in [1.29, 1.82) is 0 Å². The largest absolute Gasteiger partial charge is 0.356 e. The molecule has 0 saturated carbocycles. The molecule has 0 aromatic carbocycles. The molecular weight excluding hydrogens is 326 g/mol. The summed E-state index contributed by atoms with van der Waals surface area (Å²) in [5.74, 6) is 3.47. The topological polar surface area (TPSA) is 61.3 Å². The third-order valence-corrected chi connectivity index (χ3v) is 5.21. The van der Waals surface area contributed by atoms with Crippen LogP contribution in [-0.2, 0) is 0 Å². The van der Waals surface area contributed by atoms with Crippen LogP contribution in [0.3, 0.4) is 0 Å². The van der Waals surface area contributed by atoms with E-state index in [0.29, 0.717) is 0 Å². The zero-order chi connectivity index (χ0) is 17.9. The minimum absolute atomic E-state index is 0.733. The molecule has 1 atom stereocenters. The van der Waals surface area contributed by atoms with E-state index in [9.17, 15) is 0 Å². The van der Waals surface area contributed by atoms with E-state index in [1.54, 1.807) is 12.4 Å². The molecule has 2 fully saturated rings. The molecule has 7 heteroatoms. The van der Waals surface area contributed by atoms with Gasteiger partial charge in [0, 0.05) is 63.4 Å². The first kappa shape index (κ1) is 17.0. The molecule has 0 bridgehead atoms. The van der Waals surface area contributed by atoms with Gasteiger partial charge in [-0.3, -0.25) is 0 Å². The molecule has 2 aromatic heterocycles. The lowest BCUT2D eigenvalue weighted by Gasteiger charge is -2.36. The predicted molar refractivity (Wildman–Crippen MR) is 104 cm³/mol. The van der Waals surface area contributed by atoms with Crippen LogP contribution in [0, 0.1) is 12.8 Å². The highest BCUT2D eigenvalue weighted by atomic mass is 15.4. The molecular formula is C19H27N7. The Morgan fingerprint density at radius 1 is 0.885 bits per heavy atom. The number of aromatic nitrogens is 4. The average molecular weight is 353 g/mol. The Bertz CT molecular complexity index is 728. The van der Waals surface area contributed by atoms with Crippen molar-refractivity contribution in [2.75, 3.05) is 54.0 Å². The third kappa shape index (κ3) is 3.71. The van der Waals surface area contributed by atoms with E-state index in [4.69, 9.17) is 9.97 Å². The average Bonchev–Trinajstić information content (AvgIpc) is 2.68. The summed E-state index contributed by atoms with van der Waals surface area (Å²) in [4.78, 5) is 25.2.